The van der Waals surface area contributed by atoms with E-state index in [4.69, 9.17) is 9.47 Å². The van der Waals surface area contributed by atoms with Crippen LogP contribution in [-0.4, -0.2) is 65.8 Å². The van der Waals surface area contributed by atoms with Crippen molar-refractivity contribution in [2.75, 3.05) is 25.1 Å². The van der Waals surface area contributed by atoms with Crippen LogP contribution < -0.4 is 4.90 Å². The van der Waals surface area contributed by atoms with Gasteiger partial charge in [0.15, 0.2) is 12.2 Å². The van der Waals surface area contributed by atoms with Gasteiger partial charge in [0.2, 0.25) is 0 Å². The van der Waals surface area contributed by atoms with Crippen molar-refractivity contribution < 1.29 is 29.0 Å². The SMILES string of the molecule is CN1Cc2ccc(N3CCO[C@H]([C@@H](O)C(=O)OC(C)(C)C)C3=O)cc2C1=O. The van der Waals surface area contributed by atoms with E-state index >= 15 is 0 Å². The molecule has 0 aliphatic carbocycles. The van der Waals surface area contributed by atoms with Gasteiger partial charge in [-0.2, -0.15) is 0 Å². The number of ether oxygens (including phenoxy) is 2. The van der Waals surface area contributed by atoms with Crippen LogP contribution >= 0.6 is 0 Å². The molecule has 0 saturated carbocycles. The molecule has 3 rings (SSSR count). The molecule has 0 unspecified atom stereocenters. The molecule has 2 atom stereocenters. The summed E-state index contributed by atoms with van der Waals surface area (Å²) in [5.41, 5.74) is 1.20. The largest absolute Gasteiger partial charge is 0.458 e. The monoisotopic (exact) mass is 376 g/mol. The van der Waals surface area contributed by atoms with E-state index in [1.54, 1.807) is 44.9 Å². The molecule has 0 spiro atoms. The average molecular weight is 376 g/mol. The highest BCUT2D eigenvalue weighted by Crippen LogP contribution is 2.28. The van der Waals surface area contributed by atoms with Crippen molar-refractivity contribution in [1.29, 1.82) is 0 Å². The minimum absolute atomic E-state index is 0.0992. The van der Waals surface area contributed by atoms with E-state index in [-0.39, 0.29) is 19.1 Å². The number of fused-ring (bicyclic) bond motifs is 1. The lowest BCUT2D eigenvalue weighted by atomic mass is 10.1. The first-order valence-corrected chi connectivity index (χ1v) is 8.81. The van der Waals surface area contributed by atoms with Gasteiger partial charge < -0.3 is 24.4 Å². The van der Waals surface area contributed by atoms with E-state index in [0.29, 0.717) is 17.8 Å². The molecule has 1 aromatic rings. The lowest BCUT2D eigenvalue weighted by molar-refractivity contribution is -0.177. The maximum Gasteiger partial charge on any atom is 0.338 e. The third-order valence-corrected chi connectivity index (χ3v) is 4.45. The number of rotatable bonds is 3. The summed E-state index contributed by atoms with van der Waals surface area (Å²) in [6, 6.07) is 5.24. The lowest BCUT2D eigenvalue weighted by Gasteiger charge is -2.34. The number of anilines is 1. The van der Waals surface area contributed by atoms with Crippen molar-refractivity contribution in [1.82, 2.24) is 4.90 Å². The first-order chi connectivity index (χ1) is 12.6. The molecule has 2 heterocycles. The lowest BCUT2D eigenvalue weighted by Crippen LogP contribution is -2.55. The zero-order valence-electron chi connectivity index (χ0n) is 15.9. The van der Waals surface area contributed by atoms with Crippen LogP contribution in [0.5, 0.6) is 0 Å². The Labute approximate surface area is 157 Å². The Bertz CT molecular complexity index is 785. The van der Waals surface area contributed by atoms with Crippen molar-refractivity contribution in [3.8, 4) is 0 Å². The fourth-order valence-electron chi connectivity index (χ4n) is 3.18. The van der Waals surface area contributed by atoms with Crippen LogP contribution in [0.15, 0.2) is 18.2 Å². The smallest absolute Gasteiger partial charge is 0.338 e. The average Bonchev–Trinajstić information content (AvgIpc) is 2.87. The molecule has 8 nitrogen and oxygen atoms in total. The predicted molar refractivity (Wildman–Crippen MR) is 96.2 cm³/mol. The Hall–Kier alpha value is -2.45. The van der Waals surface area contributed by atoms with Gasteiger partial charge in [-0.05, 0) is 38.5 Å². The highest BCUT2D eigenvalue weighted by molar-refractivity contribution is 6.03. The summed E-state index contributed by atoms with van der Waals surface area (Å²) < 4.78 is 10.5. The van der Waals surface area contributed by atoms with Crippen LogP contribution in [0, 0.1) is 0 Å². The van der Waals surface area contributed by atoms with Gasteiger partial charge in [0.25, 0.3) is 11.8 Å². The number of hydrogen-bond acceptors (Lipinski definition) is 6. The van der Waals surface area contributed by atoms with Gasteiger partial charge >= 0.3 is 5.97 Å². The molecule has 2 aliphatic rings. The number of carbonyl (C=O) groups is 3. The number of benzene rings is 1. The summed E-state index contributed by atoms with van der Waals surface area (Å²) in [5, 5.41) is 10.3. The van der Waals surface area contributed by atoms with Gasteiger partial charge in [-0.25, -0.2) is 4.79 Å². The molecule has 8 heteroatoms. The standard InChI is InChI=1S/C19H24N2O6/c1-19(2,3)27-18(25)14(22)15-17(24)21(7-8-26-15)12-6-5-11-10-20(4)16(23)13(11)9-12/h5-6,9,14-15,22H,7-8,10H2,1-4H3/t14-,15-/m1/s1. The topological polar surface area (TPSA) is 96.4 Å². The van der Waals surface area contributed by atoms with Crippen molar-refractivity contribution in [2.45, 2.75) is 45.1 Å². The zero-order valence-corrected chi connectivity index (χ0v) is 15.9. The molecule has 1 saturated heterocycles. The molecule has 0 radical (unpaired) electrons. The third-order valence-electron chi connectivity index (χ3n) is 4.45. The van der Waals surface area contributed by atoms with E-state index < -0.39 is 29.7 Å². The number of aliphatic hydroxyl groups is 1. The van der Waals surface area contributed by atoms with Crippen molar-refractivity contribution >= 4 is 23.5 Å². The Balaban J connectivity index is 1.80. The highest BCUT2D eigenvalue weighted by atomic mass is 16.6. The maximum absolute atomic E-state index is 12.8. The Morgan fingerprint density at radius 2 is 2.04 bits per heavy atom. The summed E-state index contributed by atoms with van der Waals surface area (Å²) in [5.74, 6) is -1.55. The van der Waals surface area contributed by atoms with Crippen molar-refractivity contribution in [2.24, 2.45) is 0 Å². The molecular formula is C19H24N2O6. The number of carbonyl (C=O) groups excluding carboxylic acids is 3. The first-order valence-electron chi connectivity index (χ1n) is 8.81. The molecule has 0 bridgehead atoms. The zero-order chi connectivity index (χ0) is 19.9. The normalized spacial score (nSPS) is 21.3. The Morgan fingerprint density at radius 3 is 2.70 bits per heavy atom. The molecule has 2 aliphatic heterocycles. The van der Waals surface area contributed by atoms with E-state index in [9.17, 15) is 19.5 Å². The molecule has 2 amide bonds. The molecule has 146 valence electrons. The van der Waals surface area contributed by atoms with E-state index in [1.165, 1.54) is 4.90 Å². The number of esters is 1. The van der Waals surface area contributed by atoms with E-state index in [1.807, 2.05) is 6.07 Å². The minimum atomic E-state index is -1.72. The van der Waals surface area contributed by atoms with Crippen LogP contribution in [-0.2, 0) is 25.6 Å². The van der Waals surface area contributed by atoms with Gasteiger partial charge in [0, 0.05) is 31.4 Å². The maximum atomic E-state index is 12.8. The molecular weight excluding hydrogens is 352 g/mol. The second kappa shape index (κ2) is 6.94. The van der Waals surface area contributed by atoms with Crippen LogP contribution in [0.3, 0.4) is 0 Å². The predicted octanol–water partition coefficient (Wildman–Crippen LogP) is 0.707. The second-order valence-electron chi connectivity index (χ2n) is 7.76. The fraction of sp³-hybridized carbons (Fsp3) is 0.526. The molecule has 1 fully saturated rings. The van der Waals surface area contributed by atoms with Crippen molar-refractivity contribution in [3.05, 3.63) is 29.3 Å². The molecule has 1 N–H and O–H groups in total. The summed E-state index contributed by atoms with van der Waals surface area (Å²) in [4.78, 5) is 40.2. The number of hydrogen-bond donors (Lipinski definition) is 1. The fourth-order valence-corrected chi connectivity index (χ4v) is 3.18. The van der Waals surface area contributed by atoms with E-state index in [0.717, 1.165) is 5.56 Å². The number of nitrogens with zero attached hydrogens (tertiary/aromatic N) is 2. The van der Waals surface area contributed by atoms with Gasteiger partial charge in [-0.1, -0.05) is 6.07 Å². The quantitative estimate of drug-likeness (QED) is 0.781. The van der Waals surface area contributed by atoms with Gasteiger partial charge in [-0.15, -0.1) is 0 Å². The van der Waals surface area contributed by atoms with Gasteiger partial charge in [0.05, 0.1) is 6.61 Å². The first kappa shape index (κ1) is 19.3. The summed E-state index contributed by atoms with van der Waals surface area (Å²) in [7, 11) is 1.72. The minimum Gasteiger partial charge on any atom is -0.458 e. The van der Waals surface area contributed by atoms with Crippen LogP contribution in [0.4, 0.5) is 5.69 Å². The van der Waals surface area contributed by atoms with Crippen LogP contribution in [0.25, 0.3) is 0 Å². The second-order valence-corrected chi connectivity index (χ2v) is 7.76. The summed E-state index contributed by atoms with van der Waals surface area (Å²) >= 11 is 0. The van der Waals surface area contributed by atoms with Gasteiger partial charge in [0.1, 0.15) is 5.60 Å². The number of morpholine rings is 1. The number of aliphatic hydroxyl groups excluding tert-OH is 1. The number of amides is 2. The van der Waals surface area contributed by atoms with E-state index in [2.05, 4.69) is 0 Å². The van der Waals surface area contributed by atoms with Gasteiger partial charge in [-0.3, -0.25) is 9.59 Å². The third kappa shape index (κ3) is 3.81. The molecule has 0 aromatic heterocycles. The Kier molecular flexibility index (Phi) is 4.96. The molecule has 27 heavy (non-hydrogen) atoms. The summed E-state index contributed by atoms with van der Waals surface area (Å²) in [6.45, 7) is 5.97. The summed E-state index contributed by atoms with van der Waals surface area (Å²) in [6.07, 6.45) is -3.07. The van der Waals surface area contributed by atoms with Crippen LogP contribution in [0.2, 0.25) is 0 Å². The highest BCUT2D eigenvalue weighted by Gasteiger charge is 2.41. The van der Waals surface area contributed by atoms with Crippen molar-refractivity contribution in [3.63, 3.8) is 0 Å². The molecule has 1 aromatic carbocycles. The van der Waals surface area contributed by atoms with Crippen LogP contribution in [0.1, 0.15) is 36.7 Å². The Morgan fingerprint density at radius 1 is 1.33 bits per heavy atom.